The normalized spacial score (nSPS) is 15.8. The monoisotopic (exact) mass is 460 g/mol. The van der Waals surface area contributed by atoms with Crippen molar-refractivity contribution in [2.45, 2.75) is 12.8 Å². The Kier molecular flexibility index (Phi) is 6.16. The van der Waals surface area contributed by atoms with Crippen LogP contribution in [0.4, 0.5) is 10.1 Å². The van der Waals surface area contributed by atoms with Crippen molar-refractivity contribution in [2.75, 3.05) is 31.6 Å². The molecule has 0 aliphatic carbocycles. The van der Waals surface area contributed by atoms with Crippen LogP contribution in [0.5, 0.6) is 11.5 Å². The molecular weight excluding hydrogens is 435 g/mol. The molecule has 0 bridgehead atoms. The minimum atomic E-state index is -0.649. The average Bonchev–Trinajstić information content (AvgIpc) is 2.88. The van der Waals surface area contributed by atoms with Gasteiger partial charge < -0.3 is 19.7 Å². The van der Waals surface area contributed by atoms with E-state index >= 15 is 0 Å². The third-order valence-corrected chi connectivity index (χ3v) is 6.26. The van der Waals surface area contributed by atoms with Gasteiger partial charge in [-0.1, -0.05) is 42.5 Å². The number of hydrogen-bond acceptors (Lipinski definition) is 4. The van der Waals surface area contributed by atoms with Gasteiger partial charge in [0.25, 0.3) is 11.8 Å². The maximum atomic E-state index is 14.6. The standard InChI is InChI=1S/C27H25FN2O4/c28-23-15-25-24(29-26(31)17-34-25)14-22(23)27(32)30-11-9-18(10-12-30)16-33-21-8-4-7-20(13-21)19-5-2-1-3-6-19/h1-8,13-15,18H,9-12,16-17H2,(H,29,31). The number of fused-ring (bicyclic) bond motifs is 1. The van der Waals surface area contributed by atoms with E-state index in [-0.39, 0.29) is 29.7 Å². The van der Waals surface area contributed by atoms with Crippen molar-refractivity contribution in [3.8, 4) is 22.6 Å². The maximum absolute atomic E-state index is 14.6. The SMILES string of the molecule is O=C1COc2cc(F)c(C(=O)N3CCC(COc4cccc(-c5ccccc5)c4)CC3)cc2N1. The molecule has 0 aromatic heterocycles. The van der Waals surface area contributed by atoms with Crippen molar-refractivity contribution in [2.24, 2.45) is 5.92 Å². The molecule has 34 heavy (non-hydrogen) atoms. The lowest BCUT2D eigenvalue weighted by Crippen LogP contribution is -2.40. The molecule has 6 nitrogen and oxygen atoms in total. The fourth-order valence-corrected chi connectivity index (χ4v) is 4.35. The molecule has 3 aromatic carbocycles. The van der Waals surface area contributed by atoms with E-state index in [4.69, 9.17) is 9.47 Å². The highest BCUT2D eigenvalue weighted by atomic mass is 19.1. The topological polar surface area (TPSA) is 67.9 Å². The van der Waals surface area contributed by atoms with E-state index in [0.717, 1.165) is 35.8 Å². The third kappa shape index (κ3) is 4.73. The number of likely N-dealkylation sites (tertiary alicyclic amines) is 1. The number of ether oxygens (including phenoxy) is 2. The zero-order valence-corrected chi connectivity index (χ0v) is 18.6. The van der Waals surface area contributed by atoms with Crippen molar-refractivity contribution < 1.29 is 23.5 Å². The minimum Gasteiger partial charge on any atom is -0.493 e. The van der Waals surface area contributed by atoms with Crippen LogP contribution in [0.1, 0.15) is 23.2 Å². The van der Waals surface area contributed by atoms with Crippen LogP contribution < -0.4 is 14.8 Å². The quantitative estimate of drug-likeness (QED) is 0.597. The molecule has 2 aliphatic rings. The summed E-state index contributed by atoms with van der Waals surface area (Å²) >= 11 is 0. The van der Waals surface area contributed by atoms with E-state index in [0.29, 0.717) is 31.3 Å². The zero-order valence-electron chi connectivity index (χ0n) is 18.6. The van der Waals surface area contributed by atoms with Crippen LogP contribution >= 0.6 is 0 Å². The number of halogens is 1. The van der Waals surface area contributed by atoms with Gasteiger partial charge in [0.2, 0.25) is 0 Å². The van der Waals surface area contributed by atoms with E-state index in [1.54, 1.807) is 4.90 Å². The summed E-state index contributed by atoms with van der Waals surface area (Å²) in [5, 5.41) is 2.62. The number of amides is 2. The van der Waals surface area contributed by atoms with Gasteiger partial charge in [0.1, 0.15) is 17.3 Å². The summed E-state index contributed by atoms with van der Waals surface area (Å²) in [7, 11) is 0. The first kappa shape index (κ1) is 21.9. The molecule has 3 aromatic rings. The number of nitrogens with zero attached hydrogens (tertiary/aromatic N) is 1. The molecule has 0 saturated carbocycles. The fraction of sp³-hybridized carbons (Fsp3) is 0.259. The summed E-state index contributed by atoms with van der Waals surface area (Å²) < 4.78 is 25.8. The van der Waals surface area contributed by atoms with Gasteiger partial charge in [-0.15, -0.1) is 0 Å². The van der Waals surface area contributed by atoms with Crippen molar-refractivity contribution >= 4 is 17.5 Å². The molecule has 2 aliphatic heterocycles. The van der Waals surface area contributed by atoms with Gasteiger partial charge in [-0.05, 0) is 48.1 Å². The van der Waals surface area contributed by atoms with E-state index in [1.165, 1.54) is 6.07 Å². The number of piperidine rings is 1. The molecule has 0 radical (unpaired) electrons. The van der Waals surface area contributed by atoms with E-state index in [2.05, 4.69) is 23.5 Å². The van der Waals surface area contributed by atoms with Gasteiger partial charge in [0.05, 0.1) is 17.9 Å². The van der Waals surface area contributed by atoms with Crippen molar-refractivity contribution in [1.29, 1.82) is 0 Å². The van der Waals surface area contributed by atoms with Gasteiger partial charge >= 0.3 is 0 Å². The van der Waals surface area contributed by atoms with Gasteiger partial charge in [-0.2, -0.15) is 0 Å². The lowest BCUT2D eigenvalue weighted by Gasteiger charge is -2.32. The predicted molar refractivity (Wildman–Crippen MR) is 127 cm³/mol. The summed E-state index contributed by atoms with van der Waals surface area (Å²) in [4.78, 5) is 26.2. The average molecular weight is 461 g/mol. The highest BCUT2D eigenvalue weighted by Crippen LogP contribution is 2.32. The third-order valence-electron chi connectivity index (χ3n) is 6.26. The Balaban J connectivity index is 1.17. The number of carbonyl (C=O) groups excluding carboxylic acids is 2. The molecule has 1 fully saturated rings. The molecule has 5 rings (SSSR count). The van der Waals surface area contributed by atoms with E-state index in [1.807, 2.05) is 36.4 Å². The van der Waals surface area contributed by atoms with Crippen LogP contribution in [0.2, 0.25) is 0 Å². The van der Waals surface area contributed by atoms with Gasteiger partial charge in [-0.25, -0.2) is 4.39 Å². The van der Waals surface area contributed by atoms with Crippen LogP contribution in [-0.4, -0.2) is 43.0 Å². The van der Waals surface area contributed by atoms with Crippen LogP contribution in [-0.2, 0) is 4.79 Å². The Morgan fingerprint density at radius 3 is 2.59 bits per heavy atom. The smallest absolute Gasteiger partial charge is 0.262 e. The van der Waals surface area contributed by atoms with Crippen LogP contribution in [0.3, 0.4) is 0 Å². The highest BCUT2D eigenvalue weighted by molar-refractivity contribution is 6.00. The van der Waals surface area contributed by atoms with Crippen molar-refractivity contribution in [3.05, 3.63) is 78.1 Å². The number of nitrogens with one attached hydrogen (secondary N) is 1. The van der Waals surface area contributed by atoms with Crippen LogP contribution in [0.15, 0.2) is 66.7 Å². The molecule has 0 atom stereocenters. The second-order valence-corrected chi connectivity index (χ2v) is 8.61. The summed E-state index contributed by atoms with van der Waals surface area (Å²) in [6, 6.07) is 20.7. The molecule has 0 unspecified atom stereocenters. The van der Waals surface area contributed by atoms with E-state index < -0.39 is 5.82 Å². The van der Waals surface area contributed by atoms with Crippen LogP contribution in [0.25, 0.3) is 11.1 Å². The maximum Gasteiger partial charge on any atom is 0.262 e. The second kappa shape index (κ2) is 9.55. The lowest BCUT2D eigenvalue weighted by atomic mass is 9.97. The Bertz CT molecular complexity index is 1210. The zero-order chi connectivity index (χ0) is 23.5. The number of hydrogen-bond donors (Lipinski definition) is 1. The summed E-state index contributed by atoms with van der Waals surface area (Å²) in [6.45, 7) is 1.45. The first-order chi connectivity index (χ1) is 16.6. The molecule has 1 saturated heterocycles. The Morgan fingerprint density at radius 2 is 1.79 bits per heavy atom. The second-order valence-electron chi connectivity index (χ2n) is 8.61. The molecule has 174 valence electrons. The number of rotatable bonds is 5. The van der Waals surface area contributed by atoms with Crippen molar-refractivity contribution in [1.82, 2.24) is 4.90 Å². The molecule has 2 heterocycles. The number of carbonyl (C=O) groups is 2. The molecule has 1 N–H and O–H groups in total. The minimum absolute atomic E-state index is 0.0584. The lowest BCUT2D eigenvalue weighted by molar-refractivity contribution is -0.118. The molecular formula is C27H25FN2O4. The van der Waals surface area contributed by atoms with Crippen LogP contribution in [0, 0.1) is 11.7 Å². The first-order valence-corrected chi connectivity index (χ1v) is 11.4. The summed E-state index contributed by atoms with van der Waals surface area (Å²) in [5.74, 6) is 0.0120. The highest BCUT2D eigenvalue weighted by Gasteiger charge is 2.28. The van der Waals surface area contributed by atoms with E-state index in [9.17, 15) is 14.0 Å². The molecule has 2 amide bonds. The molecule has 7 heteroatoms. The largest absolute Gasteiger partial charge is 0.493 e. The predicted octanol–water partition coefficient (Wildman–Crippen LogP) is 4.75. The fourth-order valence-electron chi connectivity index (χ4n) is 4.35. The van der Waals surface area contributed by atoms with Gasteiger partial charge in [0.15, 0.2) is 6.61 Å². The molecule has 0 spiro atoms. The summed E-state index contributed by atoms with van der Waals surface area (Å²) in [6.07, 6.45) is 1.55. The number of anilines is 1. The van der Waals surface area contributed by atoms with Gasteiger partial charge in [0, 0.05) is 19.2 Å². The Hall–Kier alpha value is -3.87. The summed E-state index contributed by atoms with van der Waals surface area (Å²) in [5.41, 5.74) is 2.51. The van der Waals surface area contributed by atoms with Crippen molar-refractivity contribution in [3.63, 3.8) is 0 Å². The number of benzene rings is 3. The van der Waals surface area contributed by atoms with Gasteiger partial charge in [-0.3, -0.25) is 9.59 Å². The Morgan fingerprint density at radius 1 is 1.03 bits per heavy atom. The first-order valence-electron chi connectivity index (χ1n) is 11.4. The Labute approximate surface area is 197 Å².